The molecule has 2 aliphatic rings. The maximum Gasteiger partial charge on any atom is 0.255 e. The van der Waals surface area contributed by atoms with Crippen molar-refractivity contribution in [3.8, 4) is 0 Å². The highest BCUT2D eigenvalue weighted by Crippen LogP contribution is 2.29. The standard InChI is InChI=1S/C19H21N3O/c23-19(14-7-8-15-12-20-13-16(15)11-14)21-17-5-1-2-6-18(17)22-9-3-4-10-22/h1-2,5-8,11,20H,3-4,9-10,12-13H2,(H,21,23). The molecule has 0 spiro atoms. The highest BCUT2D eigenvalue weighted by molar-refractivity contribution is 6.06. The number of benzene rings is 2. The number of carbonyl (C=O) groups excluding carboxylic acids is 1. The molecule has 4 nitrogen and oxygen atoms in total. The number of nitrogens with zero attached hydrogens (tertiary/aromatic N) is 1. The average molecular weight is 307 g/mol. The third-order valence-electron chi connectivity index (χ3n) is 4.70. The number of hydrogen-bond donors (Lipinski definition) is 2. The number of carbonyl (C=O) groups is 1. The molecule has 1 saturated heterocycles. The van der Waals surface area contributed by atoms with E-state index in [0.29, 0.717) is 0 Å². The first-order chi connectivity index (χ1) is 11.3. The van der Waals surface area contributed by atoms with Crippen molar-refractivity contribution in [3.05, 3.63) is 59.2 Å². The summed E-state index contributed by atoms with van der Waals surface area (Å²) in [6, 6.07) is 14.1. The summed E-state index contributed by atoms with van der Waals surface area (Å²) in [5.74, 6) is -0.0358. The number of nitrogens with one attached hydrogen (secondary N) is 2. The smallest absolute Gasteiger partial charge is 0.255 e. The summed E-state index contributed by atoms with van der Waals surface area (Å²) in [6.07, 6.45) is 2.44. The van der Waals surface area contributed by atoms with Gasteiger partial charge in [-0.15, -0.1) is 0 Å². The van der Waals surface area contributed by atoms with Crippen molar-refractivity contribution in [2.75, 3.05) is 23.3 Å². The minimum absolute atomic E-state index is 0.0358. The Bertz CT molecular complexity index is 735. The van der Waals surface area contributed by atoms with Crippen LogP contribution < -0.4 is 15.5 Å². The first kappa shape index (κ1) is 14.3. The van der Waals surface area contributed by atoms with Crippen LogP contribution in [0.2, 0.25) is 0 Å². The number of fused-ring (bicyclic) bond motifs is 1. The molecule has 2 N–H and O–H groups in total. The number of hydrogen-bond acceptors (Lipinski definition) is 3. The largest absolute Gasteiger partial charge is 0.370 e. The van der Waals surface area contributed by atoms with E-state index in [1.165, 1.54) is 24.0 Å². The van der Waals surface area contributed by atoms with Gasteiger partial charge in [-0.2, -0.15) is 0 Å². The van der Waals surface area contributed by atoms with Crippen molar-refractivity contribution < 1.29 is 4.79 Å². The molecule has 0 radical (unpaired) electrons. The fourth-order valence-corrected chi connectivity index (χ4v) is 3.44. The Morgan fingerprint density at radius 1 is 1.00 bits per heavy atom. The van der Waals surface area contributed by atoms with E-state index in [4.69, 9.17) is 0 Å². The van der Waals surface area contributed by atoms with Crippen molar-refractivity contribution in [2.45, 2.75) is 25.9 Å². The molecule has 0 aromatic heterocycles. The van der Waals surface area contributed by atoms with E-state index in [-0.39, 0.29) is 5.91 Å². The second kappa shape index (κ2) is 6.05. The monoisotopic (exact) mass is 307 g/mol. The Hall–Kier alpha value is -2.33. The van der Waals surface area contributed by atoms with E-state index in [9.17, 15) is 4.79 Å². The Morgan fingerprint density at radius 2 is 1.78 bits per heavy atom. The summed E-state index contributed by atoms with van der Waals surface area (Å²) in [6.45, 7) is 3.88. The molecule has 0 saturated carbocycles. The van der Waals surface area contributed by atoms with Crippen LogP contribution >= 0.6 is 0 Å². The molecule has 2 aromatic rings. The molecule has 2 aliphatic heterocycles. The van der Waals surface area contributed by atoms with Crippen LogP contribution in [0, 0.1) is 0 Å². The lowest BCUT2D eigenvalue weighted by Gasteiger charge is -2.21. The van der Waals surface area contributed by atoms with Crippen LogP contribution in [0.15, 0.2) is 42.5 Å². The maximum atomic E-state index is 12.6. The second-order valence-corrected chi connectivity index (χ2v) is 6.25. The van der Waals surface area contributed by atoms with Gasteiger partial charge in [-0.3, -0.25) is 4.79 Å². The van der Waals surface area contributed by atoms with Gasteiger partial charge < -0.3 is 15.5 Å². The van der Waals surface area contributed by atoms with E-state index in [1.807, 2.05) is 30.3 Å². The summed E-state index contributed by atoms with van der Waals surface area (Å²) in [5.41, 5.74) is 5.27. The minimum atomic E-state index is -0.0358. The van der Waals surface area contributed by atoms with E-state index in [0.717, 1.165) is 43.1 Å². The molecule has 23 heavy (non-hydrogen) atoms. The third kappa shape index (κ3) is 2.82. The van der Waals surface area contributed by atoms with Crippen LogP contribution in [0.1, 0.15) is 34.3 Å². The van der Waals surface area contributed by atoms with E-state index in [2.05, 4.69) is 27.7 Å². The van der Waals surface area contributed by atoms with Gasteiger partial charge in [0.15, 0.2) is 0 Å². The van der Waals surface area contributed by atoms with E-state index >= 15 is 0 Å². The van der Waals surface area contributed by atoms with Crippen LogP contribution in [0.5, 0.6) is 0 Å². The number of para-hydroxylation sites is 2. The molecule has 1 fully saturated rings. The number of anilines is 2. The lowest BCUT2D eigenvalue weighted by Crippen LogP contribution is -2.21. The second-order valence-electron chi connectivity index (χ2n) is 6.25. The first-order valence-corrected chi connectivity index (χ1v) is 8.29. The summed E-state index contributed by atoms with van der Waals surface area (Å²) < 4.78 is 0. The van der Waals surface area contributed by atoms with Gasteiger partial charge in [-0.25, -0.2) is 0 Å². The van der Waals surface area contributed by atoms with Gasteiger partial charge in [0, 0.05) is 31.7 Å². The van der Waals surface area contributed by atoms with Gasteiger partial charge in [0.05, 0.1) is 11.4 Å². The SMILES string of the molecule is O=C(Nc1ccccc1N1CCCC1)c1ccc2c(c1)CNC2. The van der Waals surface area contributed by atoms with E-state index < -0.39 is 0 Å². The molecule has 2 aromatic carbocycles. The Balaban J connectivity index is 1.57. The molecule has 0 unspecified atom stereocenters. The highest BCUT2D eigenvalue weighted by Gasteiger charge is 2.18. The molecule has 4 heteroatoms. The predicted octanol–water partition coefficient (Wildman–Crippen LogP) is 3.14. The molecule has 0 atom stereocenters. The fourth-order valence-electron chi connectivity index (χ4n) is 3.44. The molecule has 0 bridgehead atoms. The first-order valence-electron chi connectivity index (χ1n) is 8.29. The Morgan fingerprint density at radius 3 is 2.65 bits per heavy atom. The number of amides is 1. The van der Waals surface area contributed by atoms with Gasteiger partial charge in [0.25, 0.3) is 5.91 Å². The Kier molecular flexibility index (Phi) is 3.75. The average Bonchev–Trinajstić information content (AvgIpc) is 3.26. The van der Waals surface area contributed by atoms with Crippen LogP contribution in [0.4, 0.5) is 11.4 Å². The minimum Gasteiger partial charge on any atom is -0.370 e. The zero-order chi connectivity index (χ0) is 15.6. The van der Waals surface area contributed by atoms with Crippen molar-refractivity contribution >= 4 is 17.3 Å². The van der Waals surface area contributed by atoms with Gasteiger partial charge in [0.1, 0.15) is 0 Å². The van der Waals surface area contributed by atoms with Crippen LogP contribution in [-0.2, 0) is 13.1 Å². The van der Waals surface area contributed by atoms with Crippen LogP contribution in [0.25, 0.3) is 0 Å². The lowest BCUT2D eigenvalue weighted by atomic mass is 10.1. The quantitative estimate of drug-likeness (QED) is 0.915. The molecule has 0 aliphatic carbocycles. The molecular formula is C19H21N3O. The van der Waals surface area contributed by atoms with Crippen molar-refractivity contribution in [1.82, 2.24) is 5.32 Å². The molecule has 1 amide bonds. The van der Waals surface area contributed by atoms with Crippen LogP contribution in [-0.4, -0.2) is 19.0 Å². The normalized spacial score (nSPS) is 16.4. The van der Waals surface area contributed by atoms with Gasteiger partial charge in [-0.1, -0.05) is 18.2 Å². The zero-order valence-electron chi connectivity index (χ0n) is 13.1. The van der Waals surface area contributed by atoms with Gasteiger partial charge in [-0.05, 0) is 48.2 Å². The van der Waals surface area contributed by atoms with Crippen molar-refractivity contribution in [1.29, 1.82) is 0 Å². The molecule has 2 heterocycles. The Labute approximate surface area is 136 Å². The molecule has 118 valence electrons. The van der Waals surface area contributed by atoms with Gasteiger partial charge >= 0.3 is 0 Å². The predicted molar refractivity (Wildman–Crippen MR) is 92.8 cm³/mol. The summed E-state index contributed by atoms with van der Waals surface area (Å²) in [7, 11) is 0. The summed E-state index contributed by atoms with van der Waals surface area (Å²) >= 11 is 0. The fraction of sp³-hybridized carbons (Fsp3) is 0.316. The van der Waals surface area contributed by atoms with Crippen molar-refractivity contribution in [2.24, 2.45) is 0 Å². The summed E-state index contributed by atoms with van der Waals surface area (Å²) in [4.78, 5) is 15.0. The highest BCUT2D eigenvalue weighted by atomic mass is 16.1. The maximum absolute atomic E-state index is 12.6. The lowest BCUT2D eigenvalue weighted by molar-refractivity contribution is 0.102. The third-order valence-corrected chi connectivity index (χ3v) is 4.70. The number of rotatable bonds is 3. The van der Waals surface area contributed by atoms with Gasteiger partial charge in [0.2, 0.25) is 0 Å². The van der Waals surface area contributed by atoms with E-state index in [1.54, 1.807) is 0 Å². The van der Waals surface area contributed by atoms with Crippen LogP contribution in [0.3, 0.4) is 0 Å². The molecular weight excluding hydrogens is 286 g/mol. The molecule has 4 rings (SSSR count). The zero-order valence-corrected chi connectivity index (χ0v) is 13.1. The van der Waals surface area contributed by atoms with Crippen molar-refractivity contribution in [3.63, 3.8) is 0 Å². The topological polar surface area (TPSA) is 44.4 Å². The summed E-state index contributed by atoms with van der Waals surface area (Å²) in [5, 5.41) is 6.41.